The minimum Gasteiger partial charge on any atom is -0.298 e. The lowest BCUT2D eigenvalue weighted by atomic mass is 9.55. The van der Waals surface area contributed by atoms with Crippen LogP contribution in [0.4, 0.5) is 11.5 Å². The van der Waals surface area contributed by atoms with Crippen molar-refractivity contribution in [2.75, 3.05) is 4.90 Å². The van der Waals surface area contributed by atoms with Crippen molar-refractivity contribution in [1.29, 1.82) is 0 Å². The number of hydrogen-bond acceptors (Lipinski definition) is 5. The van der Waals surface area contributed by atoms with Gasteiger partial charge in [0.25, 0.3) is 0 Å². The van der Waals surface area contributed by atoms with Crippen molar-refractivity contribution in [3.05, 3.63) is 205 Å². The summed E-state index contributed by atoms with van der Waals surface area (Å²) in [6.07, 6.45) is 3.17. The second-order valence-corrected chi connectivity index (χ2v) is 16.6. The highest BCUT2D eigenvalue weighted by Crippen LogP contribution is 2.61. The largest absolute Gasteiger partial charge is 0.298 e. The first-order valence-corrected chi connectivity index (χ1v) is 20.6. The normalized spacial score (nSPS) is 16.4. The van der Waals surface area contributed by atoms with Crippen molar-refractivity contribution >= 4 is 28.5 Å². The van der Waals surface area contributed by atoms with E-state index < -0.39 is 5.41 Å². The van der Waals surface area contributed by atoms with Crippen molar-refractivity contribution in [3.63, 3.8) is 0 Å². The molecular weight excluding hydrogens is 733 g/mol. The highest BCUT2D eigenvalue weighted by molar-refractivity contribution is 5.96. The first-order chi connectivity index (χ1) is 29.4. The number of para-hydroxylation sites is 2. The summed E-state index contributed by atoms with van der Waals surface area (Å²) in [4.78, 5) is 23.5. The second-order valence-electron chi connectivity index (χ2n) is 16.6. The average Bonchev–Trinajstić information content (AvgIpc) is 3.62. The summed E-state index contributed by atoms with van der Waals surface area (Å²) in [5, 5.41) is 1.15. The molecule has 6 nitrogen and oxygen atoms in total. The minimum atomic E-state index is -0.393. The van der Waals surface area contributed by atoms with E-state index in [4.69, 9.17) is 19.9 Å². The van der Waals surface area contributed by atoms with E-state index in [-0.39, 0.29) is 5.41 Å². The molecule has 4 heterocycles. The van der Waals surface area contributed by atoms with Gasteiger partial charge in [-0.25, -0.2) is 9.97 Å². The molecule has 60 heavy (non-hydrogen) atoms. The fraction of sp³-hybridized carbons (Fsp3) is 0.111. The highest BCUT2D eigenvalue weighted by atomic mass is 15.2. The monoisotopic (exact) mass is 774 g/mol. The standard InChI is InChI=1S/C54H42N6/c1-53(2)43-29-17-19-31-46(43)60(49-33-40(36-20-8-4-9-21-36)32-44(55-49)37-22-10-5-11-23-37)48-34-42-41-28-16-18-30-45(41)59(47(42)35-54(48,53)3)52-57-50(38-24-12-6-13-25-38)56-51(58-52)39-26-14-7-15-27-39/h4-34H,35H2,1-3H3. The smallest absolute Gasteiger partial charge is 0.238 e. The van der Waals surface area contributed by atoms with Gasteiger partial charge in [-0.3, -0.25) is 9.47 Å². The van der Waals surface area contributed by atoms with Crippen LogP contribution in [0.2, 0.25) is 0 Å². The van der Waals surface area contributed by atoms with Crippen LogP contribution >= 0.6 is 0 Å². The maximum atomic E-state index is 5.52. The van der Waals surface area contributed by atoms with Gasteiger partial charge in [-0.15, -0.1) is 0 Å². The zero-order valence-corrected chi connectivity index (χ0v) is 33.8. The Bertz CT molecular complexity index is 2980. The second kappa shape index (κ2) is 13.8. The van der Waals surface area contributed by atoms with Crippen LogP contribution in [0.3, 0.4) is 0 Å². The van der Waals surface area contributed by atoms with E-state index in [1.165, 1.54) is 22.5 Å². The number of fused-ring (bicyclic) bond motifs is 5. The molecule has 0 saturated heterocycles. The lowest BCUT2D eigenvalue weighted by Gasteiger charge is -2.56. The van der Waals surface area contributed by atoms with Crippen molar-refractivity contribution in [2.24, 2.45) is 5.41 Å². The number of allylic oxidation sites excluding steroid dienone is 1. The van der Waals surface area contributed by atoms with E-state index >= 15 is 0 Å². The third kappa shape index (κ3) is 5.63. The Hall–Kier alpha value is -7.44. The van der Waals surface area contributed by atoms with Gasteiger partial charge >= 0.3 is 0 Å². The van der Waals surface area contributed by atoms with Crippen LogP contribution in [-0.4, -0.2) is 24.5 Å². The van der Waals surface area contributed by atoms with Gasteiger partial charge in [-0.2, -0.15) is 9.97 Å². The first kappa shape index (κ1) is 35.7. The summed E-state index contributed by atoms with van der Waals surface area (Å²) < 4.78 is 2.30. The molecular formula is C54H42N6. The summed E-state index contributed by atoms with van der Waals surface area (Å²) >= 11 is 0. The highest BCUT2D eigenvalue weighted by Gasteiger charge is 2.54. The summed E-state index contributed by atoms with van der Waals surface area (Å²) in [7, 11) is 0. The van der Waals surface area contributed by atoms with Gasteiger partial charge in [-0.1, -0.05) is 178 Å². The van der Waals surface area contributed by atoms with Gasteiger partial charge in [0.15, 0.2) is 11.6 Å². The number of nitrogens with zero attached hydrogens (tertiary/aromatic N) is 6. The molecule has 0 amide bonds. The molecule has 6 heteroatoms. The fourth-order valence-corrected chi connectivity index (χ4v) is 9.41. The summed E-state index contributed by atoms with van der Waals surface area (Å²) in [6.45, 7) is 7.24. The fourth-order valence-electron chi connectivity index (χ4n) is 9.41. The molecule has 0 spiro atoms. The maximum absolute atomic E-state index is 5.52. The van der Waals surface area contributed by atoms with Gasteiger partial charge in [0.05, 0.1) is 16.9 Å². The molecule has 0 N–H and O–H groups in total. The molecule has 1 aliphatic heterocycles. The van der Waals surface area contributed by atoms with Crippen LogP contribution in [-0.2, 0) is 11.8 Å². The molecule has 2 aliphatic rings. The number of aromatic nitrogens is 5. The third-order valence-corrected chi connectivity index (χ3v) is 12.9. The number of anilines is 2. The molecule has 9 aromatic rings. The number of pyridine rings is 1. The van der Waals surface area contributed by atoms with Gasteiger partial charge in [0.2, 0.25) is 5.95 Å². The molecule has 1 aliphatic carbocycles. The molecule has 0 saturated carbocycles. The summed E-state index contributed by atoms with van der Waals surface area (Å²) in [5.74, 6) is 2.78. The molecule has 0 fully saturated rings. The predicted molar refractivity (Wildman–Crippen MR) is 244 cm³/mol. The van der Waals surface area contributed by atoms with Gasteiger partial charge in [0.1, 0.15) is 5.82 Å². The Kier molecular flexibility index (Phi) is 8.24. The molecule has 0 bridgehead atoms. The molecule has 0 radical (unpaired) electrons. The lowest BCUT2D eigenvalue weighted by molar-refractivity contribution is 0.204. The van der Waals surface area contributed by atoms with E-state index in [9.17, 15) is 0 Å². The molecule has 1 atom stereocenters. The quantitative estimate of drug-likeness (QED) is 0.168. The van der Waals surface area contributed by atoms with Crippen molar-refractivity contribution in [3.8, 4) is 51.1 Å². The Morgan fingerprint density at radius 3 is 1.70 bits per heavy atom. The van der Waals surface area contributed by atoms with E-state index in [1.54, 1.807) is 0 Å². The van der Waals surface area contributed by atoms with E-state index in [1.807, 2.05) is 36.4 Å². The van der Waals surface area contributed by atoms with Crippen molar-refractivity contribution in [1.82, 2.24) is 24.5 Å². The Morgan fingerprint density at radius 2 is 1.05 bits per heavy atom. The van der Waals surface area contributed by atoms with Crippen LogP contribution in [0.25, 0.3) is 68.1 Å². The number of benzene rings is 6. The molecule has 3 aromatic heterocycles. The zero-order valence-electron chi connectivity index (χ0n) is 33.8. The number of hydrogen-bond donors (Lipinski definition) is 0. The zero-order chi connectivity index (χ0) is 40.4. The Morgan fingerprint density at radius 1 is 0.500 bits per heavy atom. The molecule has 1 unspecified atom stereocenters. The average molecular weight is 775 g/mol. The van der Waals surface area contributed by atoms with Gasteiger partial charge in [0, 0.05) is 56.3 Å². The lowest BCUT2D eigenvalue weighted by Crippen LogP contribution is -2.52. The Balaban J connectivity index is 1.18. The maximum Gasteiger partial charge on any atom is 0.238 e. The number of rotatable bonds is 6. The van der Waals surface area contributed by atoms with E-state index in [2.05, 4.69) is 182 Å². The minimum absolute atomic E-state index is 0.284. The summed E-state index contributed by atoms with van der Waals surface area (Å²) in [6, 6.07) is 63.6. The van der Waals surface area contributed by atoms with Crippen LogP contribution in [0.5, 0.6) is 0 Å². The summed E-state index contributed by atoms with van der Waals surface area (Å²) in [5.41, 5.74) is 12.5. The van der Waals surface area contributed by atoms with Crippen LogP contribution in [0.1, 0.15) is 37.6 Å². The van der Waals surface area contributed by atoms with E-state index in [0.717, 1.165) is 62.3 Å². The van der Waals surface area contributed by atoms with Crippen LogP contribution < -0.4 is 4.90 Å². The molecule has 6 aromatic carbocycles. The topological polar surface area (TPSA) is 59.7 Å². The van der Waals surface area contributed by atoms with Gasteiger partial charge in [-0.05, 0) is 47.0 Å². The van der Waals surface area contributed by atoms with Crippen molar-refractivity contribution < 1.29 is 0 Å². The van der Waals surface area contributed by atoms with E-state index in [0.29, 0.717) is 17.6 Å². The van der Waals surface area contributed by atoms with Crippen LogP contribution in [0, 0.1) is 5.41 Å². The van der Waals surface area contributed by atoms with Gasteiger partial charge < -0.3 is 0 Å². The predicted octanol–water partition coefficient (Wildman–Crippen LogP) is 12.9. The SMILES string of the molecule is CC12Cc3c(c4ccccc4n3-c3nc(-c4ccccc4)nc(-c4ccccc4)n3)C=C1N(c1cc(-c3ccccc3)cc(-c3ccccc3)n1)c1ccccc1C2(C)C. The molecule has 288 valence electrons. The van der Waals surface area contributed by atoms with Crippen LogP contribution in [0.15, 0.2) is 188 Å². The first-order valence-electron chi connectivity index (χ1n) is 20.6. The molecule has 11 rings (SSSR count). The van der Waals surface area contributed by atoms with Crippen molar-refractivity contribution in [2.45, 2.75) is 32.6 Å². The Labute approximate surface area is 350 Å². The third-order valence-electron chi connectivity index (χ3n) is 12.9.